The van der Waals surface area contributed by atoms with E-state index >= 15 is 0 Å². The Bertz CT molecular complexity index is 1090. The zero-order valence-electron chi connectivity index (χ0n) is 15.7. The smallest absolute Gasteiger partial charge is 0.232 e. The van der Waals surface area contributed by atoms with Crippen molar-refractivity contribution in [2.24, 2.45) is 0 Å². The van der Waals surface area contributed by atoms with Crippen LogP contribution >= 0.6 is 0 Å². The monoisotopic (exact) mass is 375 g/mol. The van der Waals surface area contributed by atoms with Crippen molar-refractivity contribution in [2.45, 2.75) is 26.3 Å². The number of hydrogen-bond donors (Lipinski definition) is 1. The number of fused-ring (bicyclic) bond motifs is 2. The highest BCUT2D eigenvalue weighted by atomic mass is 16.5. The molecule has 0 bridgehead atoms. The summed E-state index contributed by atoms with van der Waals surface area (Å²) in [7, 11) is 0. The summed E-state index contributed by atoms with van der Waals surface area (Å²) in [5.41, 5.74) is 2.54. The molecule has 0 amide bonds. The van der Waals surface area contributed by atoms with Gasteiger partial charge in [0.1, 0.15) is 23.6 Å². The topological polar surface area (TPSA) is 66.9 Å². The lowest BCUT2D eigenvalue weighted by atomic mass is 9.99. The number of carbonyl (C=O) groups is 1. The number of furan rings is 1. The molecule has 3 aromatic rings. The lowest BCUT2D eigenvalue weighted by molar-refractivity contribution is -0.901. The first-order valence-corrected chi connectivity index (χ1v) is 9.70. The van der Waals surface area contributed by atoms with E-state index in [4.69, 9.17) is 9.15 Å². The van der Waals surface area contributed by atoms with Crippen molar-refractivity contribution in [3.05, 3.63) is 64.6 Å². The number of quaternary nitrogens is 1. The third-order valence-electron chi connectivity index (χ3n) is 5.66. The number of benzene rings is 2. The van der Waals surface area contributed by atoms with Gasteiger partial charge in [0.15, 0.2) is 5.76 Å². The van der Waals surface area contributed by atoms with Crippen LogP contribution in [-0.2, 0) is 6.54 Å². The van der Waals surface area contributed by atoms with Gasteiger partial charge in [-0.05, 0) is 24.6 Å². The SMILES string of the molecule is Cc1cc([O-])c(C[NH+]2CCCC2)c2c1C(=O)C(=Cc1cc3ccccc3o1)O2. The van der Waals surface area contributed by atoms with Crippen molar-refractivity contribution in [1.29, 1.82) is 0 Å². The highest BCUT2D eigenvalue weighted by Crippen LogP contribution is 2.40. The Labute approximate surface area is 162 Å². The van der Waals surface area contributed by atoms with Gasteiger partial charge in [-0.15, -0.1) is 0 Å². The number of aryl methyl sites for hydroxylation is 1. The van der Waals surface area contributed by atoms with Crippen molar-refractivity contribution >= 4 is 22.8 Å². The molecule has 5 rings (SSSR count). The number of ether oxygens (including phenoxy) is 1. The van der Waals surface area contributed by atoms with Crippen molar-refractivity contribution in [2.75, 3.05) is 13.1 Å². The average Bonchev–Trinajstić information content (AvgIpc) is 3.38. The molecule has 1 fully saturated rings. The molecule has 1 N–H and O–H groups in total. The van der Waals surface area contributed by atoms with Crippen LogP contribution in [-0.4, -0.2) is 18.9 Å². The predicted molar refractivity (Wildman–Crippen MR) is 103 cm³/mol. The average molecular weight is 375 g/mol. The van der Waals surface area contributed by atoms with Gasteiger partial charge < -0.3 is 19.2 Å². The maximum Gasteiger partial charge on any atom is 0.232 e. The number of hydrogen-bond acceptors (Lipinski definition) is 4. The van der Waals surface area contributed by atoms with E-state index < -0.39 is 0 Å². The van der Waals surface area contributed by atoms with E-state index in [-0.39, 0.29) is 17.3 Å². The van der Waals surface area contributed by atoms with E-state index in [1.54, 1.807) is 19.1 Å². The molecule has 2 aliphatic rings. The Balaban J connectivity index is 1.54. The molecule has 28 heavy (non-hydrogen) atoms. The molecular formula is C23H21NO4. The summed E-state index contributed by atoms with van der Waals surface area (Å²) < 4.78 is 11.8. The van der Waals surface area contributed by atoms with Crippen LogP contribution in [0, 0.1) is 6.92 Å². The van der Waals surface area contributed by atoms with E-state index in [2.05, 4.69) is 0 Å². The predicted octanol–water partition coefficient (Wildman–Crippen LogP) is 2.61. The van der Waals surface area contributed by atoms with Gasteiger partial charge in [-0.3, -0.25) is 4.79 Å². The molecule has 142 valence electrons. The fourth-order valence-electron chi connectivity index (χ4n) is 4.24. The summed E-state index contributed by atoms with van der Waals surface area (Å²) in [6.07, 6.45) is 3.97. The number of ketones is 1. The first kappa shape index (κ1) is 17.1. The number of allylic oxidation sites excluding steroid dienone is 1. The molecular weight excluding hydrogens is 354 g/mol. The maximum absolute atomic E-state index is 13.0. The molecule has 3 heterocycles. The Morgan fingerprint density at radius 1 is 1.18 bits per heavy atom. The molecule has 0 spiro atoms. The van der Waals surface area contributed by atoms with Gasteiger partial charge in [-0.2, -0.15) is 0 Å². The minimum absolute atomic E-state index is 0.0477. The molecule has 2 aliphatic heterocycles. The van der Waals surface area contributed by atoms with Gasteiger partial charge in [-0.25, -0.2) is 0 Å². The number of Topliss-reactive ketones (excluding diaryl/α,β-unsaturated/α-hetero) is 1. The normalized spacial score (nSPS) is 18.2. The van der Waals surface area contributed by atoms with Crippen LogP contribution in [0.4, 0.5) is 0 Å². The summed E-state index contributed by atoms with van der Waals surface area (Å²) in [4.78, 5) is 14.4. The lowest BCUT2D eigenvalue weighted by Gasteiger charge is -2.20. The van der Waals surface area contributed by atoms with Gasteiger partial charge >= 0.3 is 0 Å². The second-order valence-electron chi connectivity index (χ2n) is 7.63. The zero-order valence-corrected chi connectivity index (χ0v) is 15.7. The van der Waals surface area contributed by atoms with Gasteiger partial charge in [0.05, 0.1) is 18.7 Å². The highest BCUT2D eigenvalue weighted by Gasteiger charge is 2.33. The third-order valence-corrected chi connectivity index (χ3v) is 5.66. The lowest BCUT2D eigenvalue weighted by Crippen LogP contribution is -3.08. The summed E-state index contributed by atoms with van der Waals surface area (Å²) in [6, 6.07) is 11.1. The Kier molecular flexibility index (Phi) is 3.98. The van der Waals surface area contributed by atoms with Gasteiger partial charge in [-0.1, -0.05) is 30.0 Å². The minimum Gasteiger partial charge on any atom is -0.872 e. The molecule has 0 unspecified atom stereocenters. The van der Waals surface area contributed by atoms with Crippen LogP contribution in [0.1, 0.15) is 40.1 Å². The molecule has 1 saturated heterocycles. The molecule has 5 heteroatoms. The minimum atomic E-state index is -0.189. The fourth-order valence-corrected chi connectivity index (χ4v) is 4.24. The summed E-state index contributed by atoms with van der Waals surface area (Å²) in [5.74, 6) is 0.973. The second kappa shape index (κ2) is 6.53. The van der Waals surface area contributed by atoms with Crippen molar-refractivity contribution < 1.29 is 24.0 Å². The molecule has 0 aliphatic carbocycles. The Morgan fingerprint density at radius 2 is 1.96 bits per heavy atom. The van der Waals surface area contributed by atoms with Gasteiger partial charge in [0.25, 0.3) is 0 Å². The largest absolute Gasteiger partial charge is 0.872 e. The summed E-state index contributed by atoms with van der Waals surface area (Å²) >= 11 is 0. The number of rotatable bonds is 3. The second-order valence-corrected chi connectivity index (χ2v) is 7.63. The van der Waals surface area contributed by atoms with Crippen LogP contribution in [0.25, 0.3) is 17.0 Å². The van der Waals surface area contributed by atoms with Crippen LogP contribution in [0.15, 0.2) is 46.6 Å². The fraction of sp³-hybridized carbons (Fsp3) is 0.261. The molecule has 5 nitrogen and oxygen atoms in total. The molecule has 2 aromatic carbocycles. The van der Waals surface area contributed by atoms with E-state index in [9.17, 15) is 9.90 Å². The zero-order chi connectivity index (χ0) is 19.3. The maximum atomic E-state index is 13.0. The summed E-state index contributed by atoms with van der Waals surface area (Å²) in [6.45, 7) is 4.50. The Morgan fingerprint density at radius 3 is 2.75 bits per heavy atom. The Hall–Kier alpha value is -3.05. The van der Waals surface area contributed by atoms with Crippen molar-refractivity contribution in [3.8, 4) is 11.5 Å². The first-order valence-electron chi connectivity index (χ1n) is 9.70. The number of likely N-dealkylation sites (tertiary alicyclic amines) is 1. The van der Waals surface area contributed by atoms with E-state index in [1.807, 2.05) is 30.3 Å². The van der Waals surface area contributed by atoms with E-state index in [0.717, 1.165) is 24.1 Å². The van der Waals surface area contributed by atoms with Gasteiger partial charge in [0, 0.05) is 29.9 Å². The van der Waals surface area contributed by atoms with E-state index in [1.165, 1.54) is 17.7 Å². The molecule has 0 atom stereocenters. The molecule has 0 radical (unpaired) electrons. The quantitative estimate of drug-likeness (QED) is 0.715. The van der Waals surface area contributed by atoms with Crippen molar-refractivity contribution in [1.82, 2.24) is 0 Å². The van der Waals surface area contributed by atoms with Crippen LogP contribution < -0.4 is 14.7 Å². The first-order chi connectivity index (χ1) is 13.6. The number of para-hydroxylation sites is 1. The van der Waals surface area contributed by atoms with E-state index in [0.29, 0.717) is 34.7 Å². The highest BCUT2D eigenvalue weighted by molar-refractivity contribution is 6.15. The molecule has 1 aromatic heterocycles. The third kappa shape index (κ3) is 2.79. The van der Waals surface area contributed by atoms with Crippen LogP contribution in [0.2, 0.25) is 0 Å². The van der Waals surface area contributed by atoms with Crippen LogP contribution in [0.5, 0.6) is 11.5 Å². The van der Waals surface area contributed by atoms with Crippen LogP contribution in [0.3, 0.4) is 0 Å². The van der Waals surface area contributed by atoms with Gasteiger partial charge in [0.2, 0.25) is 5.78 Å². The standard InChI is InChI=1S/C23H21NO4/c1-14-10-18(25)17(13-24-8-4-5-9-24)23-21(14)22(26)20(28-23)12-16-11-15-6-2-3-7-19(15)27-16/h2-3,6-7,10-12,25H,4-5,8-9,13H2,1H3. The molecule has 0 saturated carbocycles. The number of carbonyl (C=O) groups excluding carboxylic acids is 1. The summed E-state index contributed by atoms with van der Waals surface area (Å²) in [5, 5.41) is 13.6. The number of nitrogens with one attached hydrogen (secondary N) is 1. The van der Waals surface area contributed by atoms with Crippen molar-refractivity contribution in [3.63, 3.8) is 0 Å².